The molecule has 7 nitrogen and oxygen atoms in total. The summed E-state index contributed by atoms with van der Waals surface area (Å²) in [6, 6.07) is 0. The zero-order valence-electron chi connectivity index (χ0n) is 19.1. The molecule has 8 N–H and O–H groups in total. The van der Waals surface area contributed by atoms with Crippen LogP contribution < -0.4 is 25.6 Å². The zero-order valence-corrected chi connectivity index (χ0v) is 21.3. The van der Waals surface area contributed by atoms with Crippen LogP contribution in [0.5, 0.6) is 0 Å². The minimum atomic E-state index is -4.27. The number of nitrogens with one attached hydrogen (secondary N) is 3. The molecule has 1 aliphatic carbocycles. The van der Waals surface area contributed by atoms with Crippen LogP contribution in [0.15, 0.2) is 39.1 Å². The van der Waals surface area contributed by atoms with Crippen molar-refractivity contribution in [3.8, 4) is 0 Å². The van der Waals surface area contributed by atoms with Crippen molar-refractivity contribution in [3.63, 3.8) is 0 Å². The Morgan fingerprint density at radius 3 is 2.85 bits per heavy atom. The maximum atomic E-state index is 13.0. The molecule has 0 aromatic carbocycles. The molecule has 11 heteroatoms. The van der Waals surface area contributed by atoms with E-state index in [-0.39, 0.29) is 18.5 Å². The molecule has 0 fully saturated rings. The van der Waals surface area contributed by atoms with E-state index in [9.17, 15) is 18.3 Å². The zero-order chi connectivity index (χ0) is 24.3. The van der Waals surface area contributed by atoms with Gasteiger partial charge in [-0.2, -0.15) is 0 Å². The van der Waals surface area contributed by atoms with E-state index in [2.05, 4.69) is 29.3 Å². The van der Waals surface area contributed by atoms with E-state index < -0.39 is 38.4 Å². The number of aliphatic hydroxyl groups excluding tert-OH is 1. The number of nitrogens with zero attached hydrogens (tertiary/aromatic N) is 1. The van der Waals surface area contributed by atoms with Gasteiger partial charge in [-0.05, 0) is 0 Å². The molecule has 2 rings (SSSR count). The van der Waals surface area contributed by atoms with Crippen molar-refractivity contribution in [2.45, 2.75) is 57.1 Å². The molecule has 2 unspecified atom stereocenters. The predicted octanol–water partition coefficient (Wildman–Crippen LogP) is 2.88. The molecule has 0 bridgehead atoms. The molecular weight excluding hydrogens is 548 g/mol. The molecule has 0 aromatic rings. The Bertz CT molecular complexity index is 713. The summed E-state index contributed by atoms with van der Waals surface area (Å²) in [7, 11) is 1.89. The van der Waals surface area contributed by atoms with E-state index in [1.165, 1.54) is 6.08 Å². The molecule has 1 heterocycles. The van der Waals surface area contributed by atoms with Crippen molar-refractivity contribution in [1.82, 2.24) is 14.2 Å². The predicted molar refractivity (Wildman–Crippen MR) is 137 cm³/mol. The van der Waals surface area contributed by atoms with Gasteiger partial charge >= 0.3 is 202 Å². The number of hydrogen-bond donors (Lipinski definition) is 6. The van der Waals surface area contributed by atoms with Gasteiger partial charge < -0.3 is 0 Å². The van der Waals surface area contributed by atoms with Crippen LogP contribution in [0.4, 0.5) is 13.2 Å². The van der Waals surface area contributed by atoms with Gasteiger partial charge in [0.25, 0.3) is 0 Å². The topological polar surface area (TPSA) is 121 Å². The molecule has 0 radical (unpaired) electrons. The van der Waals surface area contributed by atoms with Gasteiger partial charge in [0.05, 0.1) is 0 Å². The number of hydrogen-bond acceptors (Lipinski definition) is 6. The summed E-state index contributed by atoms with van der Waals surface area (Å²) in [5.74, 6) is -0.712. The summed E-state index contributed by atoms with van der Waals surface area (Å²) in [6.45, 7) is 1.24. The normalized spacial score (nSPS) is 24.8. The van der Waals surface area contributed by atoms with Crippen LogP contribution in [0.1, 0.15) is 38.5 Å². The van der Waals surface area contributed by atoms with Crippen molar-refractivity contribution < 1.29 is 18.3 Å². The maximum absolute atomic E-state index is 13.0. The average Bonchev–Trinajstić information content (AvgIpc) is 2.98. The quantitative estimate of drug-likeness (QED) is 0.0398. The van der Waals surface area contributed by atoms with Gasteiger partial charge in [-0.25, -0.2) is 0 Å². The summed E-state index contributed by atoms with van der Waals surface area (Å²) in [5, 5.41) is 16.6. The van der Waals surface area contributed by atoms with Gasteiger partial charge in [0, 0.05) is 0 Å². The monoisotopic (exact) mass is 586 g/mol. The summed E-state index contributed by atoms with van der Waals surface area (Å²) < 4.78 is 45.9. The first kappa shape index (κ1) is 28.1. The number of rotatable bonds is 12. The molecule has 0 aromatic heterocycles. The Morgan fingerprint density at radius 2 is 2.15 bits per heavy atom. The standard InChI is InChI=1S/C22H38F3IN6O/c1-29-20(15-19(28)30-12-4-11-27)32-26-9-3-5-16(8-10-26)13-21(33)31-18-7-2-6-17(14-18)22(23,24)25/h2,6-8,10,16-17,20-21,29,31-33H,3-5,9,11-15,27H2,1H3,(H2,28,30)/t16?,17?,20-,21+/m1/s1. The molecule has 190 valence electrons. The number of allylic oxidation sites excluding steroid dienone is 5. The molecule has 1 aliphatic heterocycles. The van der Waals surface area contributed by atoms with E-state index in [0.29, 0.717) is 37.5 Å². The molecule has 0 spiro atoms. The van der Waals surface area contributed by atoms with Crippen LogP contribution >= 0.6 is 20.1 Å². The number of nitrogens with two attached hydrogens (primary N) is 2. The fourth-order valence-corrected chi connectivity index (χ4v) is 8.37. The molecule has 0 saturated heterocycles. The van der Waals surface area contributed by atoms with E-state index in [4.69, 9.17) is 11.5 Å². The number of amidine groups is 1. The summed E-state index contributed by atoms with van der Waals surface area (Å²) in [5.41, 5.74) is 11.9. The van der Waals surface area contributed by atoms with Crippen molar-refractivity contribution in [2.75, 3.05) is 24.6 Å². The Kier molecular flexibility index (Phi) is 12.2. The second-order valence-electron chi connectivity index (χ2n) is 8.30. The van der Waals surface area contributed by atoms with Crippen LogP contribution in [0.2, 0.25) is 0 Å². The number of halogens is 4. The van der Waals surface area contributed by atoms with Crippen molar-refractivity contribution in [2.24, 2.45) is 28.3 Å². The molecule has 33 heavy (non-hydrogen) atoms. The summed E-state index contributed by atoms with van der Waals surface area (Å²) >= 11 is -1.55. The van der Waals surface area contributed by atoms with Crippen molar-refractivity contribution in [1.29, 1.82) is 0 Å². The van der Waals surface area contributed by atoms with Gasteiger partial charge in [-0.15, -0.1) is 0 Å². The van der Waals surface area contributed by atoms with Gasteiger partial charge in [0.1, 0.15) is 0 Å². The van der Waals surface area contributed by atoms with Crippen LogP contribution in [-0.2, 0) is 0 Å². The molecule has 0 amide bonds. The third-order valence-corrected chi connectivity index (χ3v) is 10.3. The van der Waals surface area contributed by atoms with E-state index in [1.807, 2.05) is 7.05 Å². The second-order valence-corrected chi connectivity index (χ2v) is 13.0. The first-order chi connectivity index (χ1) is 15.7. The third-order valence-electron chi connectivity index (χ3n) is 5.50. The van der Waals surface area contributed by atoms with Crippen molar-refractivity contribution in [3.05, 3.63) is 34.1 Å². The molecule has 0 saturated carbocycles. The first-order valence-electron chi connectivity index (χ1n) is 11.3. The first-order valence-corrected chi connectivity index (χ1v) is 15.2. The fraction of sp³-hybridized carbons (Fsp3) is 0.682. The number of aliphatic hydroxyl groups is 1. The van der Waals surface area contributed by atoms with Gasteiger partial charge in [-0.1, -0.05) is 0 Å². The van der Waals surface area contributed by atoms with Crippen LogP contribution in [-0.4, -0.2) is 54.1 Å². The summed E-state index contributed by atoms with van der Waals surface area (Å²) in [4.78, 5) is 4.35. The van der Waals surface area contributed by atoms with E-state index >= 15 is 0 Å². The third kappa shape index (κ3) is 10.8. The van der Waals surface area contributed by atoms with Crippen LogP contribution in [0, 0.1) is 11.8 Å². The van der Waals surface area contributed by atoms with Gasteiger partial charge in [0.2, 0.25) is 0 Å². The minimum absolute atomic E-state index is 0.0538. The van der Waals surface area contributed by atoms with Crippen LogP contribution in [0.25, 0.3) is 0 Å². The van der Waals surface area contributed by atoms with Crippen LogP contribution in [0.3, 0.4) is 0 Å². The molecule has 4 atom stereocenters. The Balaban J connectivity index is 1.81. The average molecular weight is 586 g/mol. The Labute approximate surface area is 202 Å². The number of aliphatic imine (C=N–C) groups is 1. The second kappa shape index (κ2) is 14.3. The van der Waals surface area contributed by atoms with E-state index in [0.717, 1.165) is 29.8 Å². The SMILES string of the molecule is CN[C@@H](CC(N)=NCCCN)NI1C=CC(C[C@H](O)NC2=CC=CC(C(F)(F)F)C2)CCC1. The van der Waals surface area contributed by atoms with Gasteiger partial charge in [-0.3, -0.25) is 0 Å². The summed E-state index contributed by atoms with van der Waals surface area (Å²) in [6.07, 6.45) is 4.95. The number of alkyl halides is 4. The Hall–Kier alpha value is -1.15. The fourth-order valence-electron chi connectivity index (χ4n) is 3.64. The molecular formula is C22H38F3IN6O. The van der Waals surface area contributed by atoms with E-state index in [1.54, 1.807) is 6.08 Å². The van der Waals surface area contributed by atoms with Gasteiger partial charge in [0.15, 0.2) is 0 Å². The Morgan fingerprint density at radius 1 is 1.36 bits per heavy atom. The van der Waals surface area contributed by atoms with Crippen molar-refractivity contribution >= 4 is 25.9 Å². The molecule has 2 aliphatic rings.